The molecule has 1 aromatic heterocycles. The molecule has 2 N–H and O–H groups in total. The van der Waals surface area contributed by atoms with Crippen molar-refractivity contribution in [2.75, 3.05) is 13.7 Å². The zero-order valence-electron chi connectivity index (χ0n) is 12.3. The van der Waals surface area contributed by atoms with E-state index in [0.717, 1.165) is 17.1 Å². The summed E-state index contributed by atoms with van der Waals surface area (Å²) in [6.07, 6.45) is 2.37. The molecule has 0 amide bonds. The molecule has 0 aliphatic carbocycles. The van der Waals surface area contributed by atoms with Crippen LogP contribution in [0.2, 0.25) is 0 Å². The van der Waals surface area contributed by atoms with Crippen molar-refractivity contribution >= 4 is 5.97 Å². The number of benzene rings is 1. The van der Waals surface area contributed by atoms with Crippen molar-refractivity contribution in [2.45, 2.75) is 19.4 Å². The average molecular weight is 288 g/mol. The number of hydrogen-bond acceptors (Lipinski definition) is 4. The smallest absolute Gasteiger partial charge is 0.323 e. The Labute approximate surface area is 124 Å². The minimum Gasteiger partial charge on any atom is -0.497 e. The molecule has 2 aromatic rings. The van der Waals surface area contributed by atoms with E-state index in [9.17, 15) is 4.79 Å². The number of carbonyl (C=O) groups is 1. The van der Waals surface area contributed by atoms with Crippen molar-refractivity contribution < 1.29 is 14.3 Å². The summed E-state index contributed by atoms with van der Waals surface area (Å²) in [6, 6.07) is 10.9. The molecule has 0 radical (unpaired) electrons. The van der Waals surface area contributed by atoms with Crippen LogP contribution in [0, 0.1) is 0 Å². The van der Waals surface area contributed by atoms with Crippen LogP contribution in [0.5, 0.6) is 5.75 Å². The lowest BCUT2D eigenvalue weighted by Crippen LogP contribution is -2.34. The molecule has 2 rings (SSSR count). The van der Waals surface area contributed by atoms with Gasteiger partial charge in [-0.15, -0.1) is 0 Å². The molecule has 1 unspecified atom stereocenters. The Morgan fingerprint density at radius 2 is 2.00 bits per heavy atom. The summed E-state index contributed by atoms with van der Waals surface area (Å²) in [4.78, 5) is 11.6. The number of nitrogens with zero attached hydrogens (tertiary/aromatic N) is 1. The number of hydrogen-bond donors (Lipinski definition) is 1. The minimum atomic E-state index is -0.656. The molecule has 1 aromatic carbocycles. The van der Waals surface area contributed by atoms with E-state index < -0.39 is 6.04 Å². The predicted molar refractivity (Wildman–Crippen MR) is 80.6 cm³/mol. The fourth-order valence-electron chi connectivity index (χ4n) is 2.14. The molecule has 0 fully saturated rings. The van der Waals surface area contributed by atoms with Gasteiger partial charge < -0.3 is 19.8 Å². The van der Waals surface area contributed by atoms with Gasteiger partial charge in [0, 0.05) is 24.0 Å². The molecule has 0 aliphatic heterocycles. The molecule has 5 nitrogen and oxygen atoms in total. The van der Waals surface area contributed by atoms with E-state index in [1.54, 1.807) is 14.0 Å². The molecular weight excluding hydrogens is 268 g/mol. The van der Waals surface area contributed by atoms with E-state index in [0.29, 0.717) is 13.0 Å². The molecule has 1 atom stereocenters. The monoisotopic (exact) mass is 288 g/mol. The Morgan fingerprint density at radius 1 is 1.29 bits per heavy atom. The summed E-state index contributed by atoms with van der Waals surface area (Å²) in [5, 5.41) is 0. The summed E-state index contributed by atoms with van der Waals surface area (Å²) in [6.45, 7) is 2.11. The number of nitrogens with two attached hydrogens (primary N) is 1. The van der Waals surface area contributed by atoms with E-state index >= 15 is 0 Å². The van der Waals surface area contributed by atoms with Gasteiger partial charge in [0.05, 0.1) is 13.7 Å². The van der Waals surface area contributed by atoms with Crippen molar-refractivity contribution in [3.63, 3.8) is 0 Å². The summed E-state index contributed by atoms with van der Waals surface area (Å²) in [5.41, 5.74) is 7.83. The largest absolute Gasteiger partial charge is 0.497 e. The zero-order valence-corrected chi connectivity index (χ0v) is 12.3. The number of rotatable bonds is 6. The second kappa shape index (κ2) is 6.95. The van der Waals surface area contributed by atoms with Crippen LogP contribution in [0.25, 0.3) is 5.69 Å². The van der Waals surface area contributed by atoms with Crippen molar-refractivity contribution in [1.29, 1.82) is 0 Å². The highest BCUT2D eigenvalue weighted by atomic mass is 16.5. The molecular formula is C16H20N2O3. The number of ether oxygens (including phenoxy) is 2. The summed E-state index contributed by atoms with van der Waals surface area (Å²) >= 11 is 0. The van der Waals surface area contributed by atoms with E-state index in [-0.39, 0.29) is 5.97 Å². The first-order chi connectivity index (χ1) is 10.2. The average Bonchev–Trinajstić information content (AvgIpc) is 2.95. The predicted octanol–water partition coefficient (Wildman–Crippen LogP) is 1.92. The number of methoxy groups -OCH3 is 1. The van der Waals surface area contributed by atoms with Crippen LogP contribution in [0.3, 0.4) is 0 Å². The van der Waals surface area contributed by atoms with Gasteiger partial charge in [-0.3, -0.25) is 4.79 Å². The molecule has 21 heavy (non-hydrogen) atoms. The highest BCUT2D eigenvalue weighted by Gasteiger charge is 2.17. The fraction of sp³-hybridized carbons (Fsp3) is 0.312. The molecule has 0 aliphatic rings. The lowest BCUT2D eigenvalue weighted by atomic mass is 10.1. The van der Waals surface area contributed by atoms with Crippen LogP contribution >= 0.6 is 0 Å². The van der Waals surface area contributed by atoms with E-state index in [1.807, 2.05) is 47.2 Å². The van der Waals surface area contributed by atoms with Crippen LogP contribution < -0.4 is 10.5 Å². The first-order valence-corrected chi connectivity index (χ1v) is 6.88. The van der Waals surface area contributed by atoms with Gasteiger partial charge in [-0.05, 0) is 43.3 Å². The van der Waals surface area contributed by atoms with Crippen molar-refractivity contribution in [2.24, 2.45) is 5.73 Å². The maximum Gasteiger partial charge on any atom is 0.323 e. The summed E-state index contributed by atoms with van der Waals surface area (Å²) in [7, 11) is 1.63. The van der Waals surface area contributed by atoms with Gasteiger partial charge in [-0.2, -0.15) is 0 Å². The third kappa shape index (κ3) is 3.64. The highest BCUT2D eigenvalue weighted by Crippen LogP contribution is 2.18. The van der Waals surface area contributed by atoms with Gasteiger partial charge in [0.2, 0.25) is 0 Å². The molecule has 112 valence electrons. The van der Waals surface area contributed by atoms with Crippen LogP contribution in [0.4, 0.5) is 0 Å². The molecule has 0 bridgehead atoms. The molecule has 1 heterocycles. The second-order valence-corrected chi connectivity index (χ2v) is 4.63. The quantitative estimate of drug-likeness (QED) is 0.825. The van der Waals surface area contributed by atoms with E-state index in [2.05, 4.69) is 0 Å². The van der Waals surface area contributed by atoms with Crippen molar-refractivity contribution in [3.05, 3.63) is 48.3 Å². The van der Waals surface area contributed by atoms with Crippen LogP contribution in [-0.4, -0.2) is 30.3 Å². The van der Waals surface area contributed by atoms with Crippen LogP contribution in [0.1, 0.15) is 12.6 Å². The third-order valence-electron chi connectivity index (χ3n) is 3.20. The zero-order chi connectivity index (χ0) is 15.2. The second-order valence-electron chi connectivity index (χ2n) is 4.63. The Balaban J connectivity index is 2.16. The Hall–Kier alpha value is -2.27. The van der Waals surface area contributed by atoms with Crippen molar-refractivity contribution in [3.8, 4) is 11.4 Å². The topological polar surface area (TPSA) is 66.5 Å². The molecule has 0 spiro atoms. The highest BCUT2D eigenvalue weighted by molar-refractivity contribution is 5.75. The maximum atomic E-state index is 11.6. The van der Waals surface area contributed by atoms with Gasteiger partial charge in [-0.25, -0.2) is 0 Å². The molecule has 0 saturated carbocycles. The van der Waals surface area contributed by atoms with Gasteiger partial charge in [0.1, 0.15) is 11.8 Å². The van der Waals surface area contributed by atoms with E-state index in [4.69, 9.17) is 15.2 Å². The third-order valence-corrected chi connectivity index (χ3v) is 3.20. The fourth-order valence-corrected chi connectivity index (χ4v) is 2.14. The van der Waals surface area contributed by atoms with Gasteiger partial charge in [-0.1, -0.05) is 0 Å². The van der Waals surface area contributed by atoms with E-state index in [1.165, 1.54) is 0 Å². The lowest BCUT2D eigenvalue weighted by molar-refractivity contribution is -0.144. The Kier molecular flexibility index (Phi) is 5.00. The molecule has 5 heteroatoms. The summed E-state index contributed by atoms with van der Waals surface area (Å²) in [5.74, 6) is 0.427. The lowest BCUT2D eigenvalue weighted by Gasteiger charge is -2.13. The van der Waals surface area contributed by atoms with Crippen molar-refractivity contribution in [1.82, 2.24) is 4.57 Å². The number of aromatic nitrogens is 1. The minimum absolute atomic E-state index is 0.339. The Bertz CT molecular complexity index is 590. The van der Waals surface area contributed by atoms with Gasteiger partial charge >= 0.3 is 5.97 Å². The first kappa shape index (κ1) is 15.1. The van der Waals surface area contributed by atoms with Gasteiger partial charge in [0.15, 0.2) is 0 Å². The summed E-state index contributed by atoms with van der Waals surface area (Å²) < 4.78 is 12.1. The van der Waals surface area contributed by atoms with Crippen LogP contribution in [-0.2, 0) is 16.0 Å². The number of carbonyl (C=O) groups excluding carboxylic acids is 1. The molecule has 0 saturated heterocycles. The van der Waals surface area contributed by atoms with Crippen LogP contribution in [0.15, 0.2) is 42.6 Å². The normalized spacial score (nSPS) is 12.0. The maximum absolute atomic E-state index is 11.6. The Morgan fingerprint density at radius 3 is 2.62 bits per heavy atom. The first-order valence-electron chi connectivity index (χ1n) is 6.88. The SMILES string of the molecule is CCOC(=O)C(N)Cc1cccn1-c1ccc(OC)cc1. The van der Waals surface area contributed by atoms with Gasteiger partial charge in [0.25, 0.3) is 0 Å². The number of esters is 1. The standard InChI is InChI=1S/C16H20N2O3/c1-3-21-16(19)15(17)11-13-5-4-10-18(13)12-6-8-14(20-2)9-7-12/h4-10,15H,3,11,17H2,1-2H3.